The van der Waals surface area contributed by atoms with Crippen LogP contribution in [0, 0.1) is 0 Å². The van der Waals surface area contributed by atoms with Gasteiger partial charge in [0.05, 0.1) is 6.10 Å². The predicted molar refractivity (Wildman–Crippen MR) is 83.7 cm³/mol. The number of anilines is 2. The van der Waals surface area contributed by atoms with Crippen molar-refractivity contribution in [3.63, 3.8) is 0 Å². The number of likely N-dealkylation sites (tertiary alicyclic amines) is 1. The molecule has 2 heterocycles. The number of nitrogens with zero attached hydrogens (tertiary/aromatic N) is 2. The molecule has 3 rings (SSSR count). The second-order valence-corrected chi connectivity index (χ2v) is 6.60. The van der Waals surface area contributed by atoms with Crippen molar-refractivity contribution in [1.82, 2.24) is 9.88 Å². The molecule has 116 valence electrons. The number of ether oxygens (including phenoxy) is 1. The molecule has 6 nitrogen and oxygen atoms in total. The van der Waals surface area contributed by atoms with Crippen molar-refractivity contribution in [2.24, 2.45) is 0 Å². The van der Waals surface area contributed by atoms with Crippen LogP contribution in [0.2, 0.25) is 0 Å². The van der Waals surface area contributed by atoms with Crippen LogP contribution >= 0.6 is 11.3 Å². The van der Waals surface area contributed by atoms with Crippen molar-refractivity contribution in [3.8, 4) is 0 Å². The molecular formula is C14H22N4O2S. The maximum atomic E-state index is 12.5. The summed E-state index contributed by atoms with van der Waals surface area (Å²) in [6.07, 6.45) is 4.42. The first-order valence-corrected chi connectivity index (χ1v) is 8.42. The number of piperidine rings is 1. The number of aromatic nitrogens is 1. The van der Waals surface area contributed by atoms with Gasteiger partial charge in [-0.3, -0.25) is 4.79 Å². The fourth-order valence-electron chi connectivity index (χ4n) is 2.55. The first kappa shape index (κ1) is 14.6. The Hall–Kier alpha value is -1.34. The highest BCUT2D eigenvalue weighted by Crippen LogP contribution is 2.31. The summed E-state index contributed by atoms with van der Waals surface area (Å²) in [5.41, 5.74) is 5.91. The van der Waals surface area contributed by atoms with Crippen molar-refractivity contribution in [3.05, 3.63) is 4.88 Å². The van der Waals surface area contributed by atoms with E-state index in [9.17, 15) is 4.79 Å². The lowest BCUT2D eigenvalue weighted by Crippen LogP contribution is -2.40. The van der Waals surface area contributed by atoms with Crippen molar-refractivity contribution in [1.29, 1.82) is 0 Å². The molecule has 7 heteroatoms. The van der Waals surface area contributed by atoms with Crippen LogP contribution in [-0.4, -0.2) is 47.6 Å². The number of nitrogen functional groups attached to an aromatic ring is 1. The van der Waals surface area contributed by atoms with Gasteiger partial charge in [-0.05, 0) is 32.6 Å². The number of amides is 1. The number of carbonyl (C=O) groups is 1. The van der Waals surface area contributed by atoms with E-state index >= 15 is 0 Å². The molecule has 2 aliphatic rings. The van der Waals surface area contributed by atoms with E-state index in [4.69, 9.17) is 10.5 Å². The summed E-state index contributed by atoms with van der Waals surface area (Å²) in [6.45, 7) is 4.19. The summed E-state index contributed by atoms with van der Waals surface area (Å²) in [5, 5.41) is 4.06. The molecule has 1 aliphatic carbocycles. The molecule has 0 radical (unpaired) electrons. The average Bonchev–Trinajstić information content (AvgIpc) is 3.21. The molecule has 3 N–H and O–H groups in total. The topological polar surface area (TPSA) is 80.5 Å². The van der Waals surface area contributed by atoms with E-state index in [0.29, 0.717) is 16.7 Å². The third-order valence-electron chi connectivity index (χ3n) is 3.88. The number of thiazole rings is 1. The Morgan fingerprint density at radius 1 is 1.43 bits per heavy atom. The Kier molecular flexibility index (Phi) is 4.30. The molecule has 1 aromatic heterocycles. The third-order valence-corrected chi connectivity index (χ3v) is 4.87. The average molecular weight is 310 g/mol. The second kappa shape index (κ2) is 6.19. The van der Waals surface area contributed by atoms with E-state index in [-0.39, 0.29) is 12.0 Å². The van der Waals surface area contributed by atoms with E-state index in [2.05, 4.69) is 10.3 Å². The highest BCUT2D eigenvalue weighted by molar-refractivity contribution is 7.18. The molecule has 1 amide bonds. The van der Waals surface area contributed by atoms with Gasteiger partial charge in [0.25, 0.3) is 5.91 Å². The summed E-state index contributed by atoms with van der Waals surface area (Å²) in [4.78, 5) is 19.2. The fraction of sp³-hybridized carbons (Fsp3) is 0.714. The Labute approximate surface area is 128 Å². The summed E-state index contributed by atoms with van der Waals surface area (Å²) in [5.74, 6) is 0.351. The number of nitrogens with one attached hydrogen (secondary N) is 1. The third kappa shape index (κ3) is 3.47. The maximum Gasteiger partial charge on any atom is 0.267 e. The standard InChI is InChI=1S/C14H22N4O2S/c1-2-20-10-5-7-18(8-6-10)13(19)11-12(15)17-14(21-11)16-9-3-4-9/h9-10H,2-8,15H2,1H3,(H,16,17). The number of carbonyl (C=O) groups excluding carboxylic acids is 1. The number of rotatable bonds is 5. The number of hydrogen-bond acceptors (Lipinski definition) is 6. The van der Waals surface area contributed by atoms with E-state index < -0.39 is 0 Å². The zero-order valence-corrected chi connectivity index (χ0v) is 13.1. The summed E-state index contributed by atoms with van der Waals surface area (Å²) in [6, 6.07) is 0.514. The molecule has 1 saturated carbocycles. The minimum absolute atomic E-state index is 0.00351. The smallest absolute Gasteiger partial charge is 0.267 e. The van der Waals surface area contributed by atoms with E-state index in [1.807, 2.05) is 11.8 Å². The lowest BCUT2D eigenvalue weighted by Gasteiger charge is -2.31. The van der Waals surface area contributed by atoms with Crippen LogP contribution in [0.25, 0.3) is 0 Å². The zero-order chi connectivity index (χ0) is 14.8. The molecule has 2 fully saturated rings. The van der Waals surface area contributed by atoms with E-state index in [0.717, 1.165) is 37.7 Å². The first-order valence-electron chi connectivity index (χ1n) is 7.61. The van der Waals surface area contributed by atoms with Crippen LogP contribution in [0.3, 0.4) is 0 Å². The Morgan fingerprint density at radius 3 is 2.76 bits per heavy atom. The molecule has 0 atom stereocenters. The maximum absolute atomic E-state index is 12.5. The van der Waals surface area contributed by atoms with Gasteiger partial charge in [0.15, 0.2) is 5.13 Å². The lowest BCUT2D eigenvalue weighted by molar-refractivity contribution is 0.0148. The largest absolute Gasteiger partial charge is 0.382 e. The Bertz CT molecular complexity index is 507. The molecule has 0 spiro atoms. The normalized spacial score (nSPS) is 19.8. The van der Waals surface area contributed by atoms with Crippen LogP contribution < -0.4 is 11.1 Å². The first-order chi connectivity index (χ1) is 10.2. The van der Waals surface area contributed by atoms with Crippen LogP contribution in [0.4, 0.5) is 10.9 Å². The van der Waals surface area contributed by atoms with Crippen molar-refractivity contribution in [2.75, 3.05) is 30.7 Å². The minimum Gasteiger partial charge on any atom is -0.382 e. The lowest BCUT2D eigenvalue weighted by atomic mass is 10.1. The quantitative estimate of drug-likeness (QED) is 0.869. The highest BCUT2D eigenvalue weighted by atomic mass is 32.1. The molecule has 0 unspecified atom stereocenters. The minimum atomic E-state index is 0.00351. The SMILES string of the molecule is CCOC1CCN(C(=O)c2sc(NC3CC3)nc2N)CC1. The van der Waals surface area contributed by atoms with Crippen molar-refractivity contribution in [2.45, 2.75) is 44.8 Å². The second-order valence-electron chi connectivity index (χ2n) is 5.60. The monoisotopic (exact) mass is 310 g/mol. The van der Waals surface area contributed by atoms with Gasteiger partial charge >= 0.3 is 0 Å². The van der Waals surface area contributed by atoms with Gasteiger partial charge in [-0.1, -0.05) is 11.3 Å². The number of nitrogens with two attached hydrogens (primary N) is 1. The van der Waals surface area contributed by atoms with Crippen LogP contribution in [-0.2, 0) is 4.74 Å². The van der Waals surface area contributed by atoms with Gasteiger partial charge in [0.2, 0.25) is 0 Å². The fourth-order valence-corrected chi connectivity index (χ4v) is 3.48. The van der Waals surface area contributed by atoms with Gasteiger partial charge in [-0.2, -0.15) is 0 Å². The zero-order valence-electron chi connectivity index (χ0n) is 12.3. The van der Waals surface area contributed by atoms with Gasteiger partial charge < -0.3 is 20.7 Å². The molecule has 0 aromatic carbocycles. The molecule has 1 aromatic rings. The predicted octanol–water partition coefficient (Wildman–Crippen LogP) is 1.94. The Balaban J connectivity index is 1.61. The van der Waals surface area contributed by atoms with E-state index in [1.54, 1.807) is 0 Å². The van der Waals surface area contributed by atoms with Crippen LogP contribution in [0.5, 0.6) is 0 Å². The molecular weight excluding hydrogens is 288 g/mol. The van der Waals surface area contributed by atoms with Gasteiger partial charge in [0.1, 0.15) is 10.7 Å². The number of hydrogen-bond donors (Lipinski definition) is 2. The van der Waals surface area contributed by atoms with Gasteiger partial charge in [0, 0.05) is 25.7 Å². The molecule has 21 heavy (non-hydrogen) atoms. The van der Waals surface area contributed by atoms with Crippen molar-refractivity contribution >= 4 is 28.2 Å². The molecule has 1 saturated heterocycles. The summed E-state index contributed by atoms with van der Waals surface area (Å²) >= 11 is 1.37. The van der Waals surface area contributed by atoms with Gasteiger partial charge in [-0.15, -0.1) is 0 Å². The van der Waals surface area contributed by atoms with E-state index in [1.165, 1.54) is 24.2 Å². The summed E-state index contributed by atoms with van der Waals surface area (Å²) < 4.78 is 5.61. The van der Waals surface area contributed by atoms with Crippen LogP contribution in [0.1, 0.15) is 42.3 Å². The molecule has 0 bridgehead atoms. The molecule has 1 aliphatic heterocycles. The summed E-state index contributed by atoms with van der Waals surface area (Å²) in [7, 11) is 0. The van der Waals surface area contributed by atoms with Crippen molar-refractivity contribution < 1.29 is 9.53 Å². The van der Waals surface area contributed by atoms with Crippen LogP contribution in [0.15, 0.2) is 0 Å². The highest BCUT2D eigenvalue weighted by Gasteiger charge is 2.28. The van der Waals surface area contributed by atoms with Gasteiger partial charge in [-0.25, -0.2) is 4.98 Å². The Morgan fingerprint density at radius 2 is 2.14 bits per heavy atom.